The van der Waals surface area contributed by atoms with Gasteiger partial charge in [-0.2, -0.15) is 0 Å². The molecule has 0 amide bonds. The van der Waals surface area contributed by atoms with Gasteiger partial charge in [0.2, 0.25) is 0 Å². The van der Waals surface area contributed by atoms with Gasteiger partial charge in [-0.25, -0.2) is 9.97 Å². The van der Waals surface area contributed by atoms with Crippen LogP contribution in [-0.2, 0) is 0 Å². The zero-order valence-electron chi connectivity index (χ0n) is 9.84. The molecule has 0 spiro atoms. The molecule has 0 saturated heterocycles. The Bertz CT molecular complexity index is 338. The summed E-state index contributed by atoms with van der Waals surface area (Å²) in [6.45, 7) is -5.69. The van der Waals surface area contributed by atoms with Crippen LogP contribution >= 0.6 is 15.9 Å². The lowest BCUT2D eigenvalue weighted by molar-refractivity contribution is 0.312. The second kappa shape index (κ2) is 3.51. The van der Waals surface area contributed by atoms with Gasteiger partial charge in [0.25, 0.3) is 0 Å². The summed E-state index contributed by atoms with van der Waals surface area (Å²) in [4.78, 5) is 7.21. The number of halogens is 1. The Morgan fingerprint density at radius 2 is 2.50 bits per heavy atom. The van der Waals surface area contributed by atoms with Gasteiger partial charge in [-0.05, 0) is 22.8 Å². The maximum Gasteiger partial charge on any atom is 0.316 e. The maximum absolute atomic E-state index is 7.16. The summed E-state index contributed by atoms with van der Waals surface area (Å²) in [6.07, 6.45) is 2.66. The molecule has 0 atom stereocenters. The van der Waals surface area contributed by atoms with Crippen LogP contribution in [0, 0.1) is 0 Å². The Balaban J connectivity index is 2.82. The Morgan fingerprint density at radius 3 is 3.10 bits per heavy atom. The zero-order chi connectivity index (χ0) is 11.7. The number of aromatic nitrogens is 2. The van der Waals surface area contributed by atoms with Crippen molar-refractivity contribution < 1.29 is 11.6 Å². The summed E-state index contributed by atoms with van der Waals surface area (Å²) in [7, 11) is 0. The molecule has 54 valence electrons. The van der Waals surface area contributed by atoms with Gasteiger partial charge in [-0.15, -0.1) is 0 Å². The highest BCUT2D eigenvalue weighted by Gasteiger charge is 1.92. The highest BCUT2D eigenvalue weighted by molar-refractivity contribution is 9.10. The Hall–Kier alpha value is -0.640. The van der Waals surface area contributed by atoms with Crippen molar-refractivity contribution in [1.82, 2.24) is 9.97 Å². The molecule has 0 fully saturated rings. The van der Waals surface area contributed by atoms with Gasteiger partial charge in [0.1, 0.15) is 0 Å². The smallest absolute Gasteiger partial charge is 0.316 e. The summed E-state index contributed by atoms with van der Waals surface area (Å²) in [5.41, 5.74) is 0. The van der Waals surface area contributed by atoms with Gasteiger partial charge in [-0.3, -0.25) is 0 Å². The fourth-order valence-corrected chi connectivity index (χ4v) is 0.604. The summed E-state index contributed by atoms with van der Waals surface area (Å²) >= 11 is 3.08. The molecule has 0 unspecified atom stereocenters. The maximum atomic E-state index is 7.16. The normalized spacial score (nSPS) is 19.5. The molecule has 0 aliphatic carbocycles. The van der Waals surface area contributed by atoms with Crippen molar-refractivity contribution >= 4 is 15.9 Å². The van der Waals surface area contributed by atoms with E-state index >= 15 is 0 Å². The predicted octanol–water partition coefficient (Wildman–Crippen LogP) is 1.64. The molecule has 1 aromatic heterocycles. The standard InChI is InChI=1S/C6H7BrN2O/c1-2-10-6-8-3-5(7)4-9-6/h3-4H,2H2,1H3/i1D3,2D2. The summed E-state index contributed by atoms with van der Waals surface area (Å²) in [5.74, 6) is 0. The molecule has 1 aromatic rings. The molecule has 0 N–H and O–H groups in total. The number of ether oxygens (including phenoxy) is 1. The fourth-order valence-electron chi connectivity index (χ4n) is 0.399. The van der Waals surface area contributed by atoms with Gasteiger partial charge in [-0.1, -0.05) is 0 Å². The number of hydrogen-bond donors (Lipinski definition) is 0. The Kier molecular flexibility index (Phi) is 1.11. The minimum absolute atomic E-state index is 0.320. The van der Waals surface area contributed by atoms with E-state index in [1.54, 1.807) is 0 Å². The predicted molar refractivity (Wildman–Crippen MR) is 40.9 cm³/mol. The van der Waals surface area contributed by atoms with Crippen LogP contribution in [0.5, 0.6) is 6.01 Å². The third-order valence-corrected chi connectivity index (χ3v) is 1.15. The lowest BCUT2D eigenvalue weighted by Gasteiger charge is -1.97. The van der Waals surface area contributed by atoms with Crippen molar-refractivity contribution in [2.24, 2.45) is 0 Å². The topological polar surface area (TPSA) is 35.0 Å². The van der Waals surface area contributed by atoms with Crippen LogP contribution in [0.3, 0.4) is 0 Å². The molecule has 0 aliphatic rings. The van der Waals surface area contributed by atoms with Gasteiger partial charge in [0, 0.05) is 16.5 Å². The lowest BCUT2D eigenvalue weighted by atomic mass is 10.7. The van der Waals surface area contributed by atoms with E-state index in [4.69, 9.17) is 6.85 Å². The summed E-state index contributed by atoms with van der Waals surface area (Å²) in [5, 5.41) is 0. The van der Waals surface area contributed by atoms with Crippen molar-refractivity contribution in [3.63, 3.8) is 0 Å². The van der Waals surface area contributed by atoms with Crippen LogP contribution in [0.25, 0.3) is 0 Å². The van der Waals surface area contributed by atoms with E-state index in [-0.39, 0.29) is 6.01 Å². The first-order valence-corrected chi connectivity index (χ1v) is 3.18. The van der Waals surface area contributed by atoms with Crippen molar-refractivity contribution in [1.29, 1.82) is 0 Å². The van der Waals surface area contributed by atoms with Gasteiger partial charge in [0.15, 0.2) is 0 Å². The van der Waals surface area contributed by atoms with Crippen LogP contribution in [0.15, 0.2) is 16.9 Å². The largest absolute Gasteiger partial charge is 0.464 e. The number of hydrogen-bond acceptors (Lipinski definition) is 3. The van der Waals surface area contributed by atoms with Crippen LogP contribution in [0.4, 0.5) is 0 Å². The Morgan fingerprint density at radius 1 is 1.80 bits per heavy atom. The molecule has 0 aliphatic heterocycles. The van der Waals surface area contributed by atoms with Gasteiger partial charge < -0.3 is 4.74 Å². The molecular formula is C6H7BrN2O. The molecule has 1 heterocycles. The van der Waals surface area contributed by atoms with Crippen molar-refractivity contribution in [3.05, 3.63) is 16.9 Å². The second-order valence-corrected chi connectivity index (χ2v) is 2.30. The average molecular weight is 208 g/mol. The first-order valence-electron chi connectivity index (χ1n) is 4.89. The van der Waals surface area contributed by atoms with Crippen LogP contribution < -0.4 is 4.74 Å². The van der Waals surface area contributed by atoms with Gasteiger partial charge in [0.05, 0.1) is 13.8 Å². The Labute approximate surface area is 74.6 Å². The molecule has 1 rings (SSSR count). The zero-order valence-corrected chi connectivity index (χ0v) is 6.42. The quantitative estimate of drug-likeness (QED) is 0.740. The highest BCUT2D eigenvalue weighted by Crippen LogP contribution is 2.07. The molecule has 0 aromatic carbocycles. The van der Waals surface area contributed by atoms with E-state index < -0.39 is 13.4 Å². The SMILES string of the molecule is [2H]C([2H])([2H])C([2H])([2H])Oc1ncc(Br)cn1. The molecule has 10 heavy (non-hydrogen) atoms. The molecule has 3 nitrogen and oxygen atoms in total. The van der Waals surface area contributed by atoms with Crippen molar-refractivity contribution in [2.75, 3.05) is 6.56 Å². The first kappa shape index (κ1) is 3.17. The average Bonchev–Trinajstić information content (AvgIpc) is 2.06. The molecule has 4 heteroatoms. The molecular weight excluding hydrogens is 196 g/mol. The monoisotopic (exact) mass is 207 g/mol. The van der Waals surface area contributed by atoms with E-state index in [0.717, 1.165) is 0 Å². The van der Waals surface area contributed by atoms with E-state index in [0.29, 0.717) is 4.47 Å². The molecule has 0 saturated carbocycles. The van der Waals surface area contributed by atoms with Crippen molar-refractivity contribution in [3.8, 4) is 6.01 Å². The van der Waals surface area contributed by atoms with E-state index in [1.807, 2.05) is 0 Å². The van der Waals surface area contributed by atoms with Crippen molar-refractivity contribution in [2.45, 2.75) is 6.85 Å². The van der Waals surface area contributed by atoms with Crippen LogP contribution in [-0.4, -0.2) is 16.5 Å². The summed E-state index contributed by atoms with van der Waals surface area (Å²) < 4.78 is 40.1. The van der Waals surface area contributed by atoms with Crippen LogP contribution in [0.1, 0.15) is 13.7 Å². The minimum atomic E-state index is -2.89. The number of nitrogens with zero attached hydrogens (tertiary/aromatic N) is 2. The fraction of sp³-hybridized carbons (Fsp3) is 0.333. The molecule has 0 radical (unpaired) electrons. The minimum Gasteiger partial charge on any atom is -0.464 e. The van der Waals surface area contributed by atoms with E-state index in [2.05, 4.69) is 30.6 Å². The van der Waals surface area contributed by atoms with Crippen LogP contribution in [0.2, 0.25) is 0 Å². The highest BCUT2D eigenvalue weighted by atomic mass is 79.9. The van der Waals surface area contributed by atoms with E-state index in [1.165, 1.54) is 12.4 Å². The van der Waals surface area contributed by atoms with E-state index in [9.17, 15) is 0 Å². The third-order valence-electron chi connectivity index (χ3n) is 0.739. The molecule has 0 bridgehead atoms. The first-order chi connectivity index (χ1) is 6.72. The second-order valence-electron chi connectivity index (χ2n) is 1.39. The van der Waals surface area contributed by atoms with Gasteiger partial charge >= 0.3 is 6.01 Å². The number of rotatable bonds is 2. The summed E-state index contributed by atoms with van der Waals surface area (Å²) in [6, 6.07) is -0.320. The lowest BCUT2D eigenvalue weighted by Crippen LogP contribution is -1.95. The third kappa shape index (κ3) is 1.95.